The van der Waals surface area contributed by atoms with Gasteiger partial charge < -0.3 is 0 Å². The third-order valence-electron chi connectivity index (χ3n) is 3.85. The third-order valence-corrected chi connectivity index (χ3v) is 4.62. The Hall–Kier alpha value is -0.0200. The van der Waals surface area contributed by atoms with Gasteiger partial charge in [-0.05, 0) is 39.8 Å². The van der Waals surface area contributed by atoms with E-state index in [1.807, 2.05) is 20.8 Å². The number of piperidine rings is 1. The Kier molecular flexibility index (Phi) is 4.70. The van der Waals surface area contributed by atoms with Crippen molar-refractivity contribution < 1.29 is 4.79 Å². The molecule has 0 saturated carbocycles. The molecule has 3 heteroatoms. The van der Waals surface area contributed by atoms with E-state index in [9.17, 15) is 4.79 Å². The van der Waals surface area contributed by atoms with Crippen molar-refractivity contribution in [3.8, 4) is 0 Å². The highest BCUT2D eigenvalue weighted by molar-refractivity contribution is 7.80. The average molecular weight is 257 g/mol. The van der Waals surface area contributed by atoms with Crippen LogP contribution in [0.3, 0.4) is 0 Å². The second kappa shape index (κ2) is 5.31. The zero-order valence-corrected chi connectivity index (χ0v) is 12.8. The van der Waals surface area contributed by atoms with Crippen LogP contribution in [-0.4, -0.2) is 35.1 Å². The molecule has 1 saturated heterocycles. The molecule has 1 aliphatic heterocycles. The second-order valence-electron chi connectivity index (χ2n) is 6.85. The molecule has 0 spiro atoms. The Morgan fingerprint density at radius 1 is 1.18 bits per heavy atom. The van der Waals surface area contributed by atoms with Gasteiger partial charge in [-0.2, -0.15) is 12.6 Å². The molecule has 0 aromatic carbocycles. The van der Waals surface area contributed by atoms with Crippen LogP contribution in [0, 0.1) is 11.3 Å². The Balaban J connectivity index is 2.55. The highest BCUT2D eigenvalue weighted by Gasteiger charge is 2.35. The monoisotopic (exact) mass is 257 g/mol. The van der Waals surface area contributed by atoms with Gasteiger partial charge in [0.05, 0.1) is 0 Å². The molecule has 1 fully saturated rings. The number of Topliss-reactive ketones (excluding diaryl/α,β-unsaturated/α-hetero) is 1. The first kappa shape index (κ1) is 15.0. The summed E-state index contributed by atoms with van der Waals surface area (Å²) in [6, 6.07) is 0. The average Bonchev–Trinajstić information content (AvgIpc) is 2.27. The van der Waals surface area contributed by atoms with Gasteiger partial charge in [0.15, 0.2) is 0 Å². The van der Waals surface area contributed by atoms with E-state index in [1.54, 1.807) is 0 Å². The number of rotatable bonds is 3. The molecule has 1 aliphatic rings. The van der Waals surface area contributed by atoms with Crippen LogP contribution in [0.2, 0.25) is 0 Å². The van der Waals surface area contributed by atoms with E-state index in [4.69, 9.17) is 0 Å². The first-order chi connectivity index (χ1) is 7.68. The highest BCUT2D eigenvalue weighted by atomic mass is 32.1. The smallest absolute Gasteiger partial charge is 0.141 e. The zero-order chi connectivity index (χ0) is 13.3. The molecule has 1 heterocycles. The summed E-state index contributed by atoms with van der Waals surface area (Å²) in [7, 11) is 0. The predicted molar refractivity (Wildman–Crippen MR) is 76.7 cm³/mol. The van der Waals surface area contributed by atoms with Gasteiger partial charge in [-0.15, -0.1) is 0 Å². The lowest BCUT2D eigenvalue weighted by Gasteiger charge is -2.42. The third kappa shape index (κ3) is 3.72. The van der Waals surface area contributed by atoms with Crippen LogP contribution < -0.4 is 0 Å². The maximum atomic E-state index is 12.2. The normalized spacial score (nSPS) is 20.6. The summed E-state index contributed by atoms with van der Waals surface area (Å²) in [6.07, 6.45) is 2.01. The van der Waals surface area contributed by atoms with Crippen molar-refractivity contribution in [3.63, 3.8) is 0 Å². The standard InChI is InChI=1S/C14H27NOS/c1-13(2,3)12(16)11-6-8-15(9-7-11)14(4,5)10-17/h11,17H,6-10H2,1-5H3. The molecular weight excluding hydrogens is 230 g/mol. The van der Waals surface area contributed by atoms with E-state index in [1.165, 1.54) is 0 Å². The molecule has 0 N–H and O–H groups in total. The summed E-state index contributed by atoms with van der Waals surface area (Å²) in [5.74, 6) is 1.56. The maximum absolute atomic E-state index is 12.2. The Morgan fingerprint density at radius 2 is 1.65 bits per heavy atom. The van der Waals surface area contributed by atoms with Gasteiger partial charge in [0.25, 0.3) is 0 Å². The van der Waals surface area contributed by atoms with Crippen LogP contribution in [0.5, 0.6) is 0 Å². The number of carbonyl (C=O) groups is 1. The minimum Gasteiger partial charge on any atom is -0.299 e. The lowest BCUT2D eigenvalue weighted by atomic mass is 9.78. The van der Waals surface area contributed by atoms with Crippen molar-refractivity contribution in [2.45, 2.75) is 53.0 Å². The van der Waals surface area contributed by atoms with E-state index in [0.717, 1.165) is 31.7 Å². The van der Waals surface area contributed by atoms with Crippen molar-refractivity contribution in [1.82, 2.24) is 4.90 Å². The molecule has 0 aromatic heterocycles. The zero-order valence-electron chi connectivity index (χ0n) is 11.9. The van der Waals surface area contributed by atoms with E-state index >= 15 is 0 Å². The van der Waals surface area contributed by atoms with Crippen molar-refractivity contribution in [1.29, 1.82) is 0 Å². The number of hydrogen-bond donors (Lipinski definition) is 1. The van der Waals surface area contributed by atoms with Crippen LogP contribution in [0.1, 0.15) is 47.5 Å². The number of thiol groups is 1. The summed E-state index contributed by atoms with van der Waals surface area (Å²) in [5.41, 5.74) is -0.0369. The quantitative estimate of drug-likeness (QED) is 0.784. The molecule has 0 amide bonds. The second-order valence-corrected chi connectivity index (χ2v) is 7.16. The van der Waals surface area contributed by atoms with Crippen LogP contribution in [-0.2, 0) is 4.79 Å². The van der Waals surface area contributed by atoms with Crippen LogP contribution >= 0.6 is 12.6 Å². The molecule has 0 radical (unpaired) electrons. The summed E-state index contributed by atoms with van der Waals surface area (Å²) >= 11 is 4.41. The van der Waals surface area contributed by atoms with Crippen molar-refractivity contribution in [3.05, 3.63) is 0 Å². The van der Waals surface area contributed by atoms with Gasteiger partial charge in [-0.1, -0.05) is 20.8 Å². The molecule has 17 heavy (non-hydrogen) atoms. The van der Waals surface area contributed by atoms with E-state index in [2.05, 4.69) is 31.4 Å². The number of likely N-dealkylation sites (tertiary alicyclic amines) is 1. The topological polar surface area (TPSA) is 20.3 Å². The molecule has 0 atom stereocenters. The Bertz CT molecular complexity index is 272. The lowest BCUT2D eigenvalue weighted by molar-refractivity contribution is -0.132. The molecule has 0 bridgehead atoms. The summed E-state index contributed by atoms with van der Waals surface area (Å²) in [6.45, 7) is 12.6. The fourth-order valence-corrected chi connectivity index (χ4v) is 2.66. The maximum Gasteiger partial charge on any atom is 0.141 e. The van der Waals surface area contributed by atoms with Crippen LogP contribution in [0.4, 0.5) is 0 Å². The Labute approximate surface area is 112 Å². The van der Waals surface area contributed by atoms with Crippen molar-refractivity contribution in [2.75, 3.05) is 18.8 Å². The number of hydrogen-bond acceptors (Lipinski definition) is 3. The van der Waals surface area contributed by atoms with Gasteiger partial charge in [0.2, 0.25) is 0 Å². The number of carbonyl (C=O) groups excluding carboxylic acids is 1. The first-order valence-electron chi connectivity index (χ1n) is 6.59. The lowest BCUT2D eigenvalue weighted by Crippen LogP contribution is -2.50. The number of nitrogens with zero attached hydrogens (tertiary/aromatic N) is 1. The predicted octanol–water partition coefficient (Wildman–Crippen LogP) is 3.02. The SMILES string of the molecule is CC(C)(C)C(=O)C1CCN(C(C)(C)CS)CC1. The van der Waals surface area contributed by atoms with Gasteiger partial charge in [0.1, 0.15) is 5.78 Å². The minimum atomic E-state index is -0.189. The molecule has 0 aliphatic carbocycles. The van der Waals surface area contributed by atoms with Gasteiger partial charge >= 0.3 is 0 Å². The molecule has 0 aromatic rings. The van der Waals surface area contributed by atoms with E-state index in [-0.39, 0.29) is 16.9 Å². The summed E-state index contributed by atoms with van der Waals surface area (Å²) < 4.78 is 0. The fourth-order valence-electron chi connectivity index (χ4n) is 2.46. The van der Waals surface area contributed by atoms with E-state index in [0.29, 0.717) is 5.78 Å². The fraction of sp³-hybridized carbons (Fsp3) is 0.929. The Morgan fingerprint density at radius 3 is 2.00 bits per heavy atom. The van der Waals surface area contributed by atoms with Crippen LogP contribution in [0.25, 0.3) is 0 Å². The number of ketones is 1. The van der Waals surface area contributed by atoms with Gasteiger partial charge in [-0.3, -0.25) is 9.69 Å². The first-order valence-corrected chi connectivity index (χ1v) is 7.22. The molecule has 1 rings (SSSR count). The molecule has 2 nitrogen and oxygen atoms in total. The van der Waals surface area contributed by atoms with Gasteiger partial charge in [0, 0.05) is 22.6 Å². The largest absolute Gasteiger partial charge is 0.299 e. The van der Waals surface area contributed by atoms with Crippen molar-refractivity contribution in [2.24, 2.45) is 11.3 Å². The molecule has 100 valence electrons. The summed E-state index contributed by atoms with van der Waals surface area (Å²) in [5, 5.41) is 0. The van der Waals surface area contributed by atoms with Gasteiger partial charge in [-0.25, -0.2) is 0 Å². The minimum absolute atomic E-state index is 0.152. The van der Waals surface area contributed by atoms with Crippen LogP contribution in [0.15, 0.2) is 0 Å². The highest BCUT2D eigenvalue weighted by Crippen LogP contribution is 2.30. The van der Waals surface area contributed by atoms with E-state index < -0.39 is 0 Å². The summed E-state index contributed by atoms with van der Waals surface area (Å²) in [4.78, 5) is 14.7. The molecular formula is C14H27NOS. The molecule has 0 unspecified atom stereocenters. The van der Waals surface area contributed by atoms with Crippen molar-refractivity contribution >= 4 is 18.4 Å².